The Kier molecular flexibility index (Phi) is 14.4. The molecule has 0 unspecified atom stereocenters. The Labute approximate surface area is 474 Å². The number of β-amino-alcohol motifs (C(OH)–C–C–N with tert-alkyl or cyclic N) is 1. The zero-order chi connectivity index (χ0) is 56.2. The number of thiophene rings is 1. The topological polar surface area (TPSA) is 262 Å². The zero-order valence-electron chi connectivity index (χ0n) is 46.5. The Morgan fingerprint density at radius 3 is 2.51 bits per heavy atom. The van der Waals surface area contributed by atoms with Crippen LogP contribution in [0.1, 0.15) is 148 Å². The van der Waals surface area contributed by atoms with Crippen LogP contribution >= 0.6 is 11.3 Å². The molecule has 2 saturated heterocycles. The Hall–Kier alpha value is -7.67. The van der Waals surface area contributed by atoms with Crippen LogP contribution in [0.15, 0.2) is 78.1 Å². The molecule has 3 aliphatic carbocycles. The van der Waals surface area contributed by atoms with E-state index in [1.807, 2.05) is 77.2 Å². The van der Waals surface area contributed by atoms with Gasteiger partial charge in [-0.15, -0.1) is 16.4 Å². The third kappa shape index (κ3) is 10.6. The molecule has 6 aromatic heterocycles. The molecule has 7 aromatic rings. The van der Waals surface area contributed by atoms with Crippen molar-refractivity contribution in [3.63, 3.8) is 0 Å². The first-order chi connectivity index (χ1) is 39.1. The summed E-state index contributed by atoms with van der Waals surface area (Å²) in [6, 6.07) is 14.1. The summed E-state index contributed by atoms with van der Waals surface area (Å²) in [6.45, 7) is 13.0. The van der Waals surface area contributed by atoms with Gasteiger partial charge in [0.05, 0.1) is 59.6 Å². The molecule has 5 atom stereocenters. The lowest BCUT2D eigenvalue weighted by Crippen LogP contribution is -2.50. The highest BCUT2D eigenvalue weighted by molar-refractivity contribution is 7.16. The minimum absolute atomic E-state index is 0.0490. The number of likely N-dealkylation sites (tertiary alicyclic amines) is 2. The van der Waals surface area contributed by atoms with E-state index in [-0.39, 0.29) is 48.0 Å². The van der Waals surface area contributed by atoms with Gasteiger partial charge in [0.2, 0.25) is 23.6 Å². The molecule has 12 rings (SSSR count). The van der Waals surface area contributed by atoms with Crippen molar-refractivity contribution in [1.29, 1.82) is 5.26 Å². The van der Waals surface area contributed by atoms with Gasteiger partial charge < -0.3 is 40.0 Å². The largest absolute Gasteiger partial charge is 0.477 e. The second kappa shape index (κ2) is 21.7. The van der Waals surface area contributed by atoms with E-state index in [0.29, 0.717) is 40.3 Å². The van der Waals surface area contributed by atoms with Crippen LogP contribution in [0.5, 0.6) is 17.5 Å². The van der Waals surface area contributed by atoms with E-state index in [1.165, 1.54) is 22.6 Å². The van der Waals surface area contributed by atoms with E-state index in [9.17, 15) is 20.0 Å². The molecular weight excluding hydrogens is 1040 g/mol. The van der Waals surface area contributed by atoms with Gasteiger partial charge in [-0.1, -0.05) is 61.5 Å². The van der Waals surface area contributed by atoms with Gasteiger partial charge in [0.25, 0.3) is 0 Å². The molecule has 4 N–H and O–H groups in total. The minimum Gasteiger partial charge on any atom is -0.477 e. The van der Waals surface area contributed by atoms with Crippen LogP contribution in [-0.2, 0) is 27.8 Å². The van der Waals surface area contributed by atoms with E-state index in [4.69, 9.17) is 29.7 Å². The molecule has 8 heterocycles. The average molecular weight is 1110 g/mol. The first-order valence-corrected chi connectivity index (χ1v) is 29.1. The third-order valence-corrected chi connectivity index (χ3v) is 18.4. The number of nitriles is 1. The highest BCUT2D eigenvalue weighted by Gasteiger charge is 2.50. The molecule has 21 heteroatoms. The maximum atomic E-state index is 14.7. The van der Waals surface area contributed by atoms with Crippen LogP contribution in [0.4, 0.5) is 5.00 Å². The number of pyridine rings is 1. The highest BCUT2D eigenvalue weighted by Crippen LogP contribution is 2.55. The summed E-state index contributed by atoms with van der Waals surface area (Å²) in [5.74, 6) is 1.68. The number of amides is 2. The number of aliphatic hydroxyl groups excluding tert-OH is 1. The number of rotatable bonds is 15. The fourth-order valence-electron chi connectivity index (χ4n) is 13.0. The Balaban J connectivity index is 0.694. The lowest BCUT2D eigenvalue weighted by molar-refractivity contribution is -0.144. The second-order valence-corrected chi connectivity index (χ2v) is 25.2. The van der Waals surface area contributed by atoms with E-state index < -0.39 is 29.0 Å². The van der Waals surface area contributed by atoms with Gasteiger partial charge in [-0.3, -0.25) is 14.6 Å². The van der Waals surface area contributed by atoms with Crippen molar-refractivity contribution in [3.8, 4) is 46.4 Å². The van der Waals surface area contributed by atoms with E-state index in [0.717, 1.165) is 134 Å². The van der Waals surface area contributed by atoms with Crippen molar-refractivity contribution in [3.05, 3.63) is 118 Å². The quantitative estimate of drug-likeness (QED) is 0.0867. The van der Waals surface area contributed by atoms with Crippen LogP contribution in [-0.4, -0.2) is 117 Å². The number of fused-ring (bicyclic) bond motifs is 4. The van der Waals surface area contributed by atoms with Gasteiger partial charge in [0, 0.05) is 59.2 Å². The first-order valence-electron chi connectivity index (χ1n) is 28.3. The molecule has 81 heavy (non-hydrogen) atoms. The Morgan fingerprint density at radius 1 is 1.02 bits per heavy atom. The van der Waals surface area contributed by atoms with Crippen molar-refractivity contribution in [2.75, 3.05) is 38.5 Å². The molecule has 2 aliphatic heterocycles. The second-order valence-electron chi connectivity index (χ2n) is 24.1. The fourth-order valence-corrected chi connectivity index (χ4v) is 14.1. The molecular formula is C60H68N14O6S. The van der Waals surface area contributed by atoms with Crippen molar-refractivity contribution >= 4 is 28.2 Å². The monoisotopic (exact) mass is 1110 g/mol. The van der Waals surface area contributed by atoms with E-state index in [2.05, 4.69) is 46.7 Å². The standard InChI is InChI=1S/C60H68N14O6S/c1-35-9-8-22-65-50(35)39-14-12-37(13-15-39)36(2)66-56(76)45-25-40(75)30-73(45)57(77)52(58(3,4)5)74-31-44(69-71-74)38-16-23-72(24-17-38)32-59(20-21-59)33-78-47-26-48(79-41-28-63-34-64-29-41)68-55(67-47)51-42-10-6-18-60(53(42)80-70-51)19-7-11-46-49(60)43(27-61)54(62)81-46/h8-9,12-15,22,26,28-29,31,34,36,38,40,45,52,75H,6-7,10-11,16-21,23-25,30,32-33,62H2,1-5H3,(H,66,76)/t36-,40+,45-,52+,60-/m0/s1. The van der Waals surface area contributed by atoms with Crippen molar-refractivity contribution in [1.82, 2.24) is 60.2 Å². The summed E-state index contributed by atoms with van der Waals surface area (Å²) in [6.07, 6.45) is 16.4. The smallest absolute Gasteiger partial charge is 0.248 e. The van der Waals surface area contributed by atoms with Crippen LogP contribution < -0.4 is 20.5 Å². The number of anilines is 1. The molecule has 1 saturated carbocycles. The number of aromatic nitrogens is 9. The van der Waals surface area contributed by atoms with Gasteiger partial charge in [-0.05, 0) is 119 Å². The first kappa shape index (κ1) is 53.9. The van der Waals surface area contributed by atoms with Gasteiger partial charge in [0.15, 0.2) is 23.0 Å². The van der Waals surface area contributed by atoms with Gasteiger partial charge >= 0.3 is 0 Å². The zero-order valence-corrected chi connectivity index (χ0v) is 47.3. The predicted octanol–water partition coefficient (Wildman–Crippen LogP) is 8.61. The number of ether oxygens (including phenoxy) is 2. The van der Waals surface area contributed by atoms with Gasteiger partial charge in [0.1, 0.15) is 29.5 Å². The van der Waals surface area contributed by atoms with Crippen LogP contribution in [0.2, 0.25) is 0 Å². The summed E-state index contributed by atoms with van der Waals surface area (Å²) >= 11 is 1.51. The number of nitrogen functional groups attached to an aromatic ring is 1. The molecule has 0 radical (unpaired) electrons. The highest BCUT2D eigenvalue weighted by atomic mass is 32.1. The third-order valence-electron chi connectivity index (χ3n) is 17.3. The molecule has 2 amide bonds. The molecule has 3 fully saturated rings. The number of carbonyl (C=O) groups excluding carboxylic acids is 2. The van der Waals surface area contributed by atoms with Crippen molar-refractivity contribution in [2.24, 2.45) is 10.8 Å². The summed E-state index contributed by atoms with van der Waals surface area (Å²) < 4.78 is 20.8. The van der Waals surface area contributed by atoms with Crippen molar-refractivity contribution in [2.45, 2.75) is 141 Å². The summed E-state index contributed by atoms with van der Waals surface area (Å²) in [4.78, 5) is 56.5. The SMILES string of the molecule is Cc1cccnc1-c1ccc([C@H](C)NC(=O)[C@@H]2C[C@@H](O)CN2C(=O)[C@@H](n2cc(C3CCN(CC4(COc5cc(Oc6cncnc6)nc(-c6noc7c6CCC[C@@]76CCCc7sc(N)c(C#N)c76)n5)CC4)CC3)nn2)C(C)(C)C)cc1. The summed E-state index contributed by atoms with van der Waals surface area (Å²) in [5, 5.41) is 38.8. The average Bonchev–Trinajstić information content (AvgIpc) is 3.91. The number of nitrogens with two attached hydrogens (primary N) is 1. The van der Waals surface area contributed by atoms with Gasteiger partial charge in [-0.25, -0.2) is 14.6 Å². The molecule has 5 aliphatic rings. The number of benzene rings is 1. The molecule has 420 valence electrons. The van der Waals surface area contributed by atoms with E-state index >= 15 is 0 Å². The van der Waals surface area contributed by atoms with Crippen molar-refractivity contribution < 1.29 is 28.7 Å². The Bertz CT molecular complexity index is 3500. The molecule has 0 bridgehead atoms. The molecule has 1 aromatic carbocycles. The molecule has 1 spiro atoms. The maximum Gasteiger partial charge on any atom is 0.248 e. The lowest BCUT2D eigenvalue weighted by atomic mass is 9.63. The normalized spacial score (nSPS) is 21.4. The number of hydrogen-bond acceptors (Lipinski definition) is 18. The summed E-state index contributed by atoms with van der Waals surface area (Å²) in [7, 11) is 0. The Morgan fingerprint density at radius 2 is 1.78 bits per heavy atom. The van der Waals surface area contributed by atoms with Crippen LogP contribution in [0.25, 0.3) is 22.8 Å². The predicted molar refractivity (Wildman–Crippen MR) is 301 cm³/mol. The minimum atomic E-state index is -0.847. The number of piperidine rings is 1. The molecule has 20 nitrogen and oxygen atoms in total. The number of nitrogens with one attached hydrogen (secondary N) is 1. The number of carbonyl (C=O) groups is 2. The van der Waals surface area contributed by atoms with Crippen LogP contribution in [0.3, 0.4) is 0 Å². The van der Waals surface area contributed by atoms with Crippen LogP contribution in [0, 0.1) is 29.1 Å². The lowest BCUT2D eigenvalue weighted by Gasteiger charge is -2.39. The summed E-state index contributed by atoms with van der Waals surface area (Å²) in [5.41, 5.74) is 13.0. The number of nitrogens with zero attached hydrogens (tertiary/aromatic N) is 12. The van der Waals surface area contributed by atoms with E-state index in [1.54, 1.807) is 29.3 Å². The number of aryl methyl sites for hydroxylation is 2. The van der Waals surface area contributed by atoms with Gasteiger partial charge in [-0.2, -0.15) is 15.2 Å². The fraction of sp³-hybridized carbons (Fsp3) is 0.483. The number of aliphatic hydroxyl groups is 1. The maximum absolute atomic E-state index is 14.7. The number of hydrogen-bond donors (Lipinski definition) is 3.